The summed E-state index contributed by atoms with van der Waals surface area (Å²) in [6.07, 6.45) is 7.25. The van der Waals surface area contributed by atoms with Crippen LogP contribution in [-0.4, -0.2) is 49.3 Å². The van der Waals surface area contributed by atoms with Gasteiger partial charge in [-0.05, 0) is 38.8 Å². The topological polar surface area (TPSA) is 24.5 Å². The number of nitrogens with one attached hydrogen (secondary N) is 1. The third-order valence-electron chi connectivity index (χ3n) is 4.01. The molecule has 3 nitrogen and oxygen atoms in total. The van der Waals surface area contributed by atoms with Crippen molar-refractivity contribution in [2.75, 3.05) is 26.2 Å². The quantitative estimate of drug-likeness (QED) is 0.714. The highest BCUT2D eigenvalue weighted by Crippen LogP contribution is 2.24. The van der Waals surface area contributed by atoms with Gasteiger partial charge < -0.3 is 10.1 Å². The molecule has 2 aliphatic rings. The Kier molecular flexibility index (Phi) is 5.01. The second kappa shape index (κ2) is 6.53. The van der Waals surface area contributed by atoms with Crippen molar-refractivity contribution in [3.8, 4) is 0 Å². The molecule has 98 valence electrons. The summed E-state index contributed by atoms with van der Waals surface area (Å²) < 4.78 is 6.07. The predicted molar refractivity (Wildman–Crippen MR) is 71.2 cm³/mol. The van der Waals surface area contributed by atoms with E-state index in [1.54, 1.807) is 0 Å². The molecule has 0 aromatic carbocycles. The molecule has 0 aliphatic carbocycles. The first-order valence-corrected chi connectivity index (χ1v) is 7.05. The van der Waals surface area contributed by atoms with Gasteiger partial charge in [0.15, 0.2) is 0 Å². The smallest absolute Gasteiger partial charge is 0.0855 e. The van der Waals surface area contributed by atoms with E-state index in [-0.39, 0.29) is 0 Å². The van der Waals surface area contributed by atoms with Crippen molar-refractivity contribution in [2.45, 2.75) is 50.8 Å². The number of nitrogens with zero attached hydrogens (tertiary/aromatic N) is 1. The van der Waals surface area contributed by atoms with Gasteiger partial charge in [-0.3, -0.25) is 4.90 Å². The molecule has 0 bridgehead atoms. The monoisotopic (exact) mass is 238 g/mol. The van der Waals surface area contributed by atoms with Crippen LogP contribution < -0.4 is 5.32 Å². The molecule has 0 aromatic heterocycles. The van der Waals surface area contributed by atoms with Gasteiger partial charge in [-0.15, -0.1) is 6.58 Å². The first-order valence-electron chi connectivity index (χ1n) is 7.05. The SMILES string of the molecule is C=CCCC(NCC)C1CN2CCCC2CO1. The summed E-state index contributed by atoms with van der Waals surface area (Å²) in [5, 5.41) is 3.57. The van der Waals surface area contributed by atoms with Crippen LogP contribution in [0, 0.1) is 0 Å². The summed E-state index contributed by atoms with van der Waals surface area (Å²) in [7, 11) is 0. The maximum atomic E-state index is 6.07. The molecule has 3 unspecified atom stereocenters. The summed E-state index contributed by atoms with van der Waals surface area (Å²) in [6, 6.07) is 1.19. The van der Waals surface area contributed by atoms with Gasteiger partial charge in [0.25, 0.3) is 0 Å². The largest absolute Gasteiger partial charge is 0.374 e. The van der Waals surface area contributed by atoms with Crippen LogP contribution in [-0.2, 0) is 4.74 Å². The van der Waals surface area contributed by atoms with E-state index < -0.39 is 0 Å². The van der Waals surface area contributed by atoms with Crippen LogP contribution in [0.1, 0.15) is 32.6 Å². The lowest BCUT2D eigenvalue weighted by Gasteiger charge is -2.39. The van der Waals surface area contributed by atoms with E-state index in [1.807, 2.05) is 6.08 Å². The lowest BCUT2D eigenvalue weighted by Crippen LogP contribution is -2.54. The third-order valence-corrected chi connectivity index (χ3v) is 4.01. The van der Waals surface area contributed by atoms with Gasteiger partial charge in [0.1, 0.15) is 0 Å². The second-order valence-corrected chi connectivity index (χ2v) is 5.19. The highest BCUT2D eigenvalue weighted by Gasteiger charge is 2.35. The molecule has 2 rings (SSSR count). The van der Waals surface area contributed by atoms with Crippen LogP contribution in [0.5, 0.6) is 0 Å². The van der Waals surface area contributed by atoms with Crippen molar-refractivity contribution in [1.29, 1.82) is 0 Å². The van der Waals surface area contributed by atoms with Crippen LogP contribution in [0.25, 0.3) is 0 Å². The van der Waals surface area contributed by atoms with Crippen molar-refractivity contribution in [3.63, 3.8) is 0 Å². The Hall–Kier alpha value is -0.380. The Morgan fingerprint density at radius 1 is 1.59 bits per heavy atom. The maximum Gasteiger partial charge on any atom is 0.0855 e. The van der Waals surface area contributed by atoms with Gasteiger partial charge in [0.05, 0.1) is 12.7 Å². The van der Waals surface area contributed by atoms with Crippen molar-refractivity contribution >= 4 is 0 Å². The Morgan fingerprint density at radius 2 is 2.47 bits per heavy atom. The molecule has 3 heteroatoms. The summed E-state index contributed by atoms with van der Waals surface area (Å²) in [4.78, 5) is 2.62. The zero-order chi connectivity index (χ0) is 12.1. The number of hydrogen-bond acceptors (Lipinski definition) is 3. The van der Waals surface area contributed by atoms with Crippen LogP contribution in [0.15, 0.2) is 12.7 Å². The Labute approximate surface area is 105 Å². The number of ether oxygens (including phenoxy) is 1. The molecule has 0 amide bonds. The Bertz CT molecular complexity index is 244. The first-order chi connectivity index (χ1) is 8.35. The molecule has 2 fully saturated rings. The lowest BCUT2D eigenvalue weighted by molar-refractivity contribution is -0.0652. The summed E-state index contributed by atoms with van der Waals surface area (Å²) in [5.41, 5.74) is 0. The van der Waals surface area contributed by atoms with E-state index in [2.05, 4.69) is 23.7 Å². The fraction of sp³-hybridized carbons (Fsp3) is 0.857. The van der Waals surface area contributed by atoms with Crippen molar-refractivity contribution in [1.82, 2.24) is 10.2 Å². The average molecular weight is 238 g/mol. The minimum Gasteiger partial charge on any atom is -0.374 e. The molecule has 3 atom stereocenters. The van der Waals surface area contributed by atoms with Gasteiger partial charge in [-0.2, -0.15) is 0 Å². The molecule has 2 saturated heterocycles. The highest BCUT2D eigenvalue weighted by atomic mass is 16.5. The zero-order valence-corrected chi connectivity index (χ0v) is 11.0. The van der Waals surface area contributed by atoms with E-state index >= 15 is 0 Å². The predicted octanol–water partition coefficient (Wildman–Crippen LogP) is 1.79. The standard InChI is InChI=1S/C14H26N2O/c1-3-5-8-13(15-4-2)14-10-16-9-6-7-12(16)11-17-14/h3,12-15H,1,4-11H2,2H3. The molecule has 0 spiro atoms. The molecular formula is C14H26N2O. The number of fused-ring (bicyclic) bond motifs is 1. The van der Waals surface area contributed by atoms with Crippen LogP contribution in [0.4, 0.5) is 0 Å². The molecule has 0 aromatic rings. The molecule has 0 radical (unpaired) electrons. The number of likely N-dealkylation sites (N-methyl/N-ethyl adjacent to an activating group) is 1. The zero-order valence-electron chi connectivity index (χ0n) is 11.0. The Morgan fingerprint density at radius 3 is 3.24 bits per heavy atom. The fourth-order valence-electron chi connectivity index (χ4n) is 3.07. The first kappa shape index (κ1) is 13.1. The second-order valence-electron chi connectivity index (χ2n) is 5.19. The number of allylic oxidation sites excluding steroid dienone is 1. The minimum atomic E-state index is 0.365. The normalized spacial score (nSPS) is 31.1. The molecule has 2 heterocycles. The van der Waals surface area contributed by atoms with Crippen LogP contribution in [0.2, 0.25) is 0 Å². The minimum absolute atomic E-state index is 0.365. The lowest BCUT2D eigenvalue weighted by atomic mass is 10.0. The number of morpholine rings is 1. The summed E-state index contributed by atoms with van der Waals surface area (Å²) in [6.45, 7) is 10.3. The van der Waals surface area contributed by atoms with Gasteiger partial charge in [0.2, 0.25) is 0 Å². The van der Waals surface area contributed by atoms with Crippen molar-refractivity contribution in [2.24, 2.45) is 0 Å². The van der Waals surface area contributed by atoms with Crippen molar-refractivity contribution < 1.29 is 4.74 Å². The summed E-state index contributed by atoms with van der Waals surface area (Å²) in [5.74, 6) is 0. The third kappa shape index (κ3) is 3.30. The van der Waals surface area contributed by atoms with Gasteiger partial charge in [-0.25, -0.2) is 0 Å². The molecule has 17 heavy (non-hydrogen) atoms. The summed E-state index contributed by atoms with van der Waals surface area (Å²) >= 11 is 0. The van der Waals surface area contributed by atoms with E-state index in [0.717, 1.165) is 32.5 Å². The number of hydrogen-bond donors (Lipinski definition) is 1. The van der Waals surface area contributed by atoms with Crippen LogP contribution >= 0.6 is 0 Å². The Balaban J connectivity index is 1.87. The molecule has 0 saturated carbocycles. The number of rotatable bonds is 6. The van der Waals surface area contributed by atoms with E-state index in [9.17, 15) is 0 Å². The van der Waals surface area contributed by atoms with Crippen LogP contribution in [0.3, 0.4) is 0 Å². The molecule has 1 N–H and O–H groups in total. The van der Waals surface area contributed by atoms with Crippen molar-refractivity contribution in [3.05, 3.63) is 12.7 Å². The van der Waals surface area contributed by atoms with Gasteiger partial charge >= 0.3 is 0 Å². The average Bonchev–Trinajstić information content (AvgIpc) is 2.81. The van der Waals surface area contributed by atoms with E-state index in [0.29, 0.717) is 18.2 Å². The highest BCUT2D eigenvalue weighted by molar-refractivity contribution is 4.90. The maximum absolute atomic E-state index is 6.07. The van der Waals surface area contributed by atoms with E-state index in [4.69, 9.17) is 4.74 Å². The molecular weight excluding hydrogens is 212 g/mol. The van der Waals surface area contributed by atoms with Gasteiger partial charge in [0, 0.05) is 18.6 Å². The van der Waals surface area contributed by atoms with Gasteiger partial charge in [-0.1, -0.05) is 13.0 Å². The molecule has 2 aliphatic heterocycles. The fourth-order valence-corrected chi connectivity index (χ4v) is 3.07. The van der Waals surface area contributed by atoms with E-state index in [1.165, 1.54) is 19.4 Å².